The van der Waals surface area contributed by atoms with Gasteiger partial charge >= 0.3 is 0 Å². The van der Waals surface area contributed by atoms with E-state index in [2.05, 4.69) is 45.4 Å². The lowest BCUT2D eigenvalue weighted by Crippen LogP contribution is -2.47. The molecular formula is C23H29N3O2. The third-order valence-corrected chi connectivity index (χ3v) is 5.69. The minimum atomic E-state index is -0.0793. The first-order valence-electron chi connectivity index (χ1n) is 10.3. The molecule has 1 N–H and O–H groups in total. The summed E-state index contributed by atoms with van der Waals surface area (Å²) < 4.78 is 5.73. The fourth-order valence-electron chi connectivity index (χ4n) is 4.02. The summed E-state index contributed by atoms with van der Waals surface area (Å²) in [5.74, 6) is 0.953. The van der Waals surface area contributed by atoms with E-state index in [9.17, 15) is 4.79 Å². The first-order chi connectivity index (χ1) is 13.8. The van der Waals surface area contributed by atoms with Gasteiger partial charge in [0.05, 0.1) is 5.92 Å². The molecule has 0 radical (unpaired) electrons. The van der Waals surface area contributed by atoms with Gasteiger partial charge in [-0.3, -0.25) is 9.69 Å². The number of ether oxygens (including phenoxy) is 1. The monoisotopic (exact) mass is 379 g/mol. The number of para-hydroxylation sites is 2. The van der Waals surface area contributed by atoms with E-state index in [1.54, 1.807) is 0 Å². The van der Waals surface area contributed by atoms with Crippen LogP contribution in [0.25, 0.3) is 0 Å². The third kappa shape index (κ3) is 4.65. The van der Waals surface area contributed by atoms with E-state index in [0.29, 0.717) is 6.61 Å². The van der Waals surface area contributed by atoms with Gasteiger partial charge in [0.25, 0.3) is 0 Å². The van der Waals surface area contributed by atoms with Gasteiger partial charge in [0, 0.05) is 38.4 Å². The lowest BCUT2D eigenvalue weighted by Gasteiger charge is -2.36. The molecule has 1 atom stereocenters. The Balaban J connectivity index is 1.13. The predicted octanol–water partition coefficient (Wildman–Crippen LogP) is 2.57. The maximum atomic E-state index is 12.4. The van der Waals surface area contributed by atoms with E-state index in [0.717, 1.165) is 63.4 Å². The van der Waals surface area contributed by atoms with Crippen molar-refractivity contribution < 1.29 is 9.53 Å². The number of piperazine rings is 1. The number of carbonyl (C=O) groups excluding carboxylic acids is 1. The summed E-state index contributed by atoms with van der Waals surface area (Å²) in [5, 5.41) is 3.10. The number of nitrogens with zero attached hydrogens (tertiary/aromatic N) is 2. The van der Waals surface area contributed by atoms with Crippen LogP contribution < -0.4 is 15.0 Å². The molecule has 148 valence electrons. The topological polar surface area (TPSA) is 44.8 Å². The Morgan fingerprint density at radius 2 is 1.75 bits per heavy atom. The highest BCUT2D eigenvalue weighted by Gasteiger charge is 2.25. The van der Waals surface area contributed by atoms with Crippen molar-refractivity contribution in [3.8, 4) is 5.75 Å². The zero-order valence-corrected chi connectivity index (χ0v) is 16.3. The Morgan fingerprint density at radius 1 is 1.00 bits per heavy atom. The van der Waals surface area contributed by atoms with Crippen LogP contribution in [0.1, 0.15) is 12.0 Å². The van der Waals surface area contributed by atoms with Crippen molar-refractivity contribution in [2.24, 2.45) is 5.92 Å². The fourth-order valence-corrected chi connectivity index (χ4v) is 4.02. The van der Waals surface area contributed by atoms with Crippen LogP contribution in [0.3, 0.4) is 0 Å². The third-order valence-electron chi connectivity index (χ3n) is 5.69. The minimum absolute atomic E-state index is 0.0793. The van der Waals surface area contributed by atoms with Gasteiger partial charge < -0.3 is 15.0 Å². The van der Waals surface area contributed by atoms with Gasteiger partial charge in [0.2, 0.25) is 5.91 Å². The highest BCUT2D eigenvalue weighted by atomic mass is 16.5. The van der Waals surface area contributed by atoms with Crippen molar-refractivity contribution in [2.45, 2.75) is 12.8 Å². The van der Waals surface area contributed by atoms with Gasteiger partial charge in [-0.25, -0.2) is 0 Å². The van der Waals surface area contributed by atoms with Crippen LogP contribution in [0, 0.1) is 5.92 Å². The molecule has 0 aliphatic carbocycles. The summed E-state index contributed by atoms with van der Waals surface area (Å²) in [6.07, 6.45) is 1.75. The maximum absolute atomic E-state index is 12.4. The molecule has 2 aliphatic heterocycles. The standard InChI is InChI=1S/C23H29N3O2/c27-23(20-17-19-7-4-5-10-22(19)28-18-20)24-11-6-12-25-13-15-26(16-14-25)21-8-2-1-3-9-21/h1-5,7-10,20H,6,11-18H2,(H,24,27)/t20-/m0/s1. The largest absolute Gasteiger partial charge is 0.492 e. The molecule has 2 aromatic rings. The van der Waals surface area contributed by atoms with Crippen molar-refractivity contribution in [2.75, 3.05) is 50.8 Å². The van der Waals surface area contributed by atoms with Gasteiger partial charge in [-0.05, 0) is 43.1 Å². The molecule has 2 aromatic carbocycles. The molecule has 0 aromatic heterocycles. The van der Waals surface area contributed by atoms with E-state index >= 15 is 0 Å². The number of anilines is 1. The second-order valence-corrected chi connectivity index (χ2v) is 7.63. The van der Waals surface area contributed by atoms with Crippen molar-refractivity contribution in [3.05, 3.63) is 60.2 Å². The van der Waals surface area contributed by atoms with E-state index in [1.807, 2.05) is 24.3 Å². The molecule has 1 fully saturated rings. The molecule has 0 unspecified atom stereocenters. The van der Waals surface area contributed by atoms with Crippen LogP contribution in [0.5, 0.6) is 5.75 Å². The van der Waals surface area contributed by atoms with Gasteiger partial charge in [-0.1, -0.05) is 36.4 Å². The molecule has 1 saturated heterocycles. The molecule has 5 nitrogen and oxygen atoms in total. The van der Waals surface area contributed by atoms with Crippen LogP contribution in [0.2, 0.25) is 0 Å². The Bertz CT molecular complexity index is 772. The van der Waals surface area contributed by atoms with E-state index in [-0.39, 0.29) is 11.8 Å². The number of rotatable bonds is 6. The Kier molecular flexibility index (Phi) is 6.12. The first-order valence-corrected chi connectivity index (χ1v) is 10.3. The number of fused-ring (bicyclic) bond motifs is 1. The predicted molar refractivity (Wildman–Crippen MR) is 112 cm³/mol. The fraction of sp³-hybridized carbons (Fsp3) is 0.435. The number of amides is 1. The molecule has 2 aliphatic rings. The molecule has 28 heavy (non-hydrogen) atoms. The number of hydrogen-bond acceptors (Lipinski definition) is 4. The van der Waals surface area contributed by atoms with Crippen LogP contribution in [0.4, 0.5) is 5.69 Å². The number of nitrogens with one attached hydrogen (secondary N) is 1. The molecule has 5 heteroatoms. The molecule has 0 spiro atoms. The lowest BCUT2D eigenvalue weighted by molar-refractivity contribution is -0.126. The Hall–Kier alpha value is -2.53. The van der Waals surface area contributed by atoms with Gasteiger partial charge in [-0.15, -0.1) is 0 Å². The summed E-state index contributed by atoms with van der Waals surface area (Å²) in [6, 6.07) is 18.6. The molecule has 0 bridgehead atoms. The smallest absolute Gasteiger partial charge is 0.226 e. The van der Waals surface area contributed by atoms with Gasteiger partial charge in [0.1, 0.15) is 12.4 Å². The van der Waals surface area contributed by atoms with Crippen molar-refractivity contribution in [1.82, 2.24) is 10.2 Å². The maximum Gasteiger partial charge on any atom is 0.226 e. The number of benzene rings is 2. The lowest BCUT2D eigenvalue weighted by atomic mass is 9.96. The minimum Gasteiger partial charge on any atom is -0.492 e. The van der Waals surface area contributed by atoms with E-state index in [4.69, 9.17) is 4.74 Å². The zero-order valence-electron chi connectivity index (χ0n) is 16.3. The highest BCUT2D eigenvalue weighted by Crippen LogP contribution is 2.26. The summed E-state index contributed by atoms with van der Waals surface area (Å²) in [6.45, 7) is 6.53. The van der Waals surface area contributed by atoms with Crippen LogP contribution in [-0.4, -0.2) is 56.7 Å². The Labute approximate surface area is 167 Å². The molecule has 1 amide bonds. The zero-order chi connectivity index (χ0) is 19.2. The van der Waals surface area contributed by atoms with E-state index < -0.39 is 0 Å². The second kappa shape index (κ2) is 9.11. The summed E-state index contributed by atoms with van der Waals surface area (Å²) in [5.41, 5.74) is 2.44. The second-order valence-electron chi connectivity index (χ2n) is 7.63. The van der Waals surface area contributed by atoms with Crippen LogP contribution >= 0.6 is 0 Å². The van der Waals surface area contributed by atoms with Crippen molar-refractivity contribution >= 4 is 11.6 Å². The summed E-state index contributed by atoms with van der Waals surface area (Å²) in [7, 11) is 0. The van der Waals surface area contributed by atoms with Crippen molar-refractivity contribution in [1.29, 1.82) is 0 Å². The first kappa shape index (κ1) is 18.8. The average Bonchev–Trinajstić information content (AvgIpc) is 2.77. The molecular weight excluding hydrogens is 350 g/mol. The molecule has 2 heterocycles. The average molecular weight is 380 g/mol. The SMILES string of the molecule is O=C(NCCCN1CCN(c2ccccc2)CC1)[C@@H]1COc2ccccc2C1. The highest BCUT2D eigenvalue weighted by molar-refractivity contribution is 5.79. The summed E-state index contributed by atoms with van der Waals surface area (Å²) in [4.78, 5) is 17.4. The van der Waals surface area contributed by atoms with Crippen molar-refractivity contribution in [3.63, 3.8) is 0 Å². The number of carbonyl (C=O) groups is 1. The number of hydrogen-bond donors (Lipinski definition) is 1. The van der Waals surface area contributed by atoms with Crippen LogP contribution in [-0.2, 0) is 11.2 Å². The van der Waals surface area contributed by atoms with Gasteiger partial charge in [0.15, 0.2) is 0 Å². The van der Waals surface area contributed by atoms with E-state index in [1.165, 1.54) is 5.69 Å². The van der Waals surface area contributed by atoms with Crippen LogP contribution in [0.15, 0.2) is 54.6 Å². The summed E-state index contributed by atoms with van der Waals surface area (Å²) >= 11 is 0. The Morgan fingerprint density at radius 3 is 2.57 bits per heavy atom. The molecule has 0 saturated carbocycles. The normalized spacial score (nSPS) is 19.6. The quantitative estimate of drug-likeness (QED) is 0.784. The van der Waals surface area contributed by atoms with Gasteiger partial charge in [-0.2, -0.15) is 0 Å². The molecule has 4 rings (SSSR count).